The van der Waals surface area contributed by atoms with Crippen molar-refractivity contribution < 1.29 is 19.8 Å². The van der Waals surface area contributed by atoms with E-state index in [9.17, 15) is 9.59 Å². The van der Waals surface area contributed by atoms with Gasteiger partial charge in [-0.3, -0.25) is 9.59 Å². The quantitative estimate of drug-likeness (QED) is 0.680. The first-order valence-corrected chi connectivity index (χ1v) is 6.03. The number of carboxylic acid groups (broad SMARTS) is 1. The molecule has 1 amide bonds. The zero-order valence-corrected chi connectivity index (χ0v) is 10.4. The fourth-order valence-corrected chi connectivity index (χ4v) is 2.21. The van der Waals surface area contributed by atoms with Crippen molar-refractivity contribution in [2.45, 2.75) is 45.1 Å². The summed E-state index contributed by atoms with van der Waals surface area (Å²) in [5.74, 6) is -2.20. The van der Waals surface area contributed by atoms with Crippen LogP contribution in [0.25, 0.3) is 0 Å². The summed E-state index contributed by atoms with van der Waals surface area (Å²) in [6.45, 7) is 3.26. The molecule has 0 heterocycles. The van der Waals surface area contributed by atoms with E-state index in [4.69, 9.17) is 10.2 Å². The Balaban J connectivity index is 2.69. The minimum atomic E-state index is -0.897. The standard InChI is InChI=1S/C12H21NO4/c1-12(2,7-14)13-10(15)8-5-3-4-6-9(8)11(16)17/h8-9,14H,3-7H2,1-2H3,(H,13,15)(H,16,17)/t8-,9+/m1/s1. The molecule has 1 aliphatic rings. The van der Waals surface area contributed by atoms with Gasteiger partial charge < -0.3 is 15.5 Å². The second-order valence-corrected chi connectivity index (χ2v) is 5.37. The van der Waals surface area contributed by atoms with Crippen molar-refractivity contribution in [2.24, 2.45) is 11.8 Å². The van der Waals surface area contributed by atoms with Gasteiger partial charge in [-0.25, -0.2) is 0 Å². The number of carbonyl (C=O) groups is 2. The summed E-state index contributed by atoms with van der Waals surface area (Å²) in [4.78, 5) is 23.1. The summed E-state index contributed by atoms with van der Waals surface area (Å²) in [5.41, 5.74) is -0.697. The number of amides is 1. The highest BCUT2D eigenvalue weighted by atomic mass is 16.4. The van der Waals surface area contributed by atoms with E-state index in [1.807, 2.05) is 0 Å². The second kappa shape index (κ2) is 5.49. The lowest BCUT2D eigenvalue weighted by Crippen LogP contribution is -2.51. The van der Waals surface area contributed by atoms with E-state index in [0.29, 0.717) is 12.8 Å². The highest BCUT2D eigenvalue weighted by molar-refractivity contribution is 5.85. The van der Waals surface area contributed by atoms with Gasteiger partial charge in [-0.15, -0.1) is 0 Å². The molecule has 1 saturated carbocycles. The van der Waals surface area contributed by atoms with Gasteiger partial charge in [0, 0.05) is 0 Å². The second-order valence-electron chi connectivity index (χ2n) is 5.37. The first-order valence-electron chi connectivity index (χ1n) is 6.03. The lowest BCUT2D eigenvalue weighted by molar-refractivity contribution is -0.149. The summed E-state index contributed by atoms with van der Waals surface area (Å²) in [6.07, 6.45) is 2.93. The Hall–Kier alpha value is -1.10. The predicted octanol–water partition coefficient (Wildman–Crippen LogP) is 0.764. The van der Waals surface area contributed by atoms with Crippen LogP contribution in [0.5, 0.6) is 0 Å². The smallest absolute Gasteiger partial charge is 0.307 e. The summed E-state index contributed by atoms with van der Waals surface area (Å²) >= 11 is 0. The number of carboxylic acids is 1. The van der Waals surface area contributed by atoms with Crippen LogP contribution in [0.3, 0.4) is 0 Å². The molecule has 1 fully saturated rings. The molecular weight excluding hydrogens is 222 g/mol. The maximum Gasteiger partial charge on any atom is 0.307 e. The van der Waals surface area contributed by atoms with Gasteiger partial charge in [0.1, 0.15) is 0 Å². The van der Waals surface area contributed by atoms with Crippen LogP contribution in [0.2, 0.25) is 0 Å². The van der Waals surface area contributed by atoms with Gasteiger partial charge in [0.25, 0.3) is 0 Å². The molecule has 1 aliphatic carbocycles. The van der Waals surface area contributed by atoms with Crippen LogP contribution in [0.4, 0.5) is 0 Å². The Morgan fingerprint density at radius 2 is 1.76 bits per heavy atom. The minimum absolute atomic E-state index is 0.163. The van der Waals surface area contributed by atoms with E-state index in [0.717, 1.165) is 12.8 Å². The SMILES string of the molecule is CC(C)(CO)NC(=O)[C@@H]1CCCC[C@@H]1C(=O)O. The molecule has 2 atom stereocenters. The molecule has 0 aromatic rings. The number of hydrogen-bond donors (Lipinski definition) is 3. The van der Waals surface area contributed by atoms with Crippen LogP contribution in [-0.2, 0) is 9.59 Å². The number of rotatable bonds is 4. The van der Waals surface area contributed by atoms with Gasteiger partial charge in [0.15, 0.2) is 0 Å². The monoisotopic (exact) mass is 243 g/mol. The highest BCUT2D eigenvalue weighted by Gasteiger charge is 2.37. The molecule has 0 radical (unpaired) electrons. The van der Waals surface area contributed by atoms with Crippen molar-refractivity contribution in [3.8, 4) is 0 Å². The van der Waals surface area contributed by atoms with E-state index in [-0.39, 0.29) is 12.5 Å². The largest absolute Gasteiger partial charge is 0.481 e. The molecule has 5 heteroatoms. The van der Waals surface area contributed by atoms with E-state index < -0.39 is 23.3 Å². The Bertz CT molecular complexity index is 301. The van der Waals surface area contributed by atoms with Gasteiger partial charge in [-0.05, 0) is 26.7 Å². The number of nitrogens with one attached hydrogen (secondary N) is 1. The number of hydrogen-bond acceptors (Lipinski definition) is 3. The van der Waals surface area contributed by atoms with Crippen molar-refractivity contribution in [1.82, 2.24) is 5.32 Å². The van der Waals surface area contributed by atoms with Crippen molar-refractivity contribution in [1.29, 1.82) is 0 Å². The van der Waals surface area contributed by atoms with Crippen molar-refractivity contribution in [3.63, 3.8) is 0 Å². The number of carbonyl (C=O) groups excluding carboxylic acids is 1. The first-order chi connectivity index (χ1) is 7.87. The Labute approximate surface area is 101 Å². The molecule has 0 bridgehead atoms. The molecule has 1 rings (SSSR count). The Morgan fingerprint density at radius 1 is 1.24 bits per heavy atom. The molecule has 5 nitrogen and oxygen atoms in total. The van der Waals surface area contributed by atoms with E-state index >= 15 is 0 Å². The van der Waals surface area contributed by atoms with Gasteiger partial charge in [-0.2, -0.15) is 0 Å². The third kappa shape index (κ3) is 3.70. The third-order valence-electron chi connectivity index (χ3n) is 3.28. The summed E-state index contributed by atoms with van der Waals surface area (Å²) < 4.78 is 0. The molecule has 17 heavy (non-hydrogen) atoms. The normalized spacial score (nSPS) is 25.4. The zero-order chi connectivity index (χ0) is 13.1. The average Bonchev–Trinajstić information content (AvgIpc) is 2.28. The molecule has 0 saturated heterocycles. The lowest BCUT2D eigenvalue weighted by atomic mass is 9.78. The van der Waals surface area contributed by atoms with Crippen LogP contribution in [0, 0.1) is 11.8 Å². The predicted molar refractivity (Wildman–Crippen MR) is 62.4 cm³/mol. The van der Waals surface area contributed by atoms with Crippen molar-refractivity contribution >= 4 is 11.9 Å². The van der Waals surface area contributed by atoms with Crippen LogP contribution < -0.4 is 5.32 Å². The summed E-state index contributed by atoms with van der Waals surface area (Å²) in [7, 11) is 0. The number of aliphatic hydroxyl groups is 1. The molecule has 0 aromatic carbocycles. The molecule has 3 N–H and O–H groups in total. The maximum absolute atomic E-state index is 12.0. The highest BCUT2D eigenvalue weighted by Crippen LogP contribution is 2.30. The zero-order valence-electron chi connectivity index (χ0n) is 10.4. The van der Waals surface area contributed by atoms with Gasteiger partial charge >= 0.3 is 5.97 Å². The lowest BCUT2D eigenvalue weighted by Gasteiger charge is -2.31. The van der Waals surface area contributed by atoms with Gasteiger partial charge in [0.2, 0.25) is 5.91 Å². The molecule has 0 spiro atoms. The van der Waals surface area contributed by atoms with Crippen LogP contribution in [0.1, 0.15) is 39.5 Å². The van der Waals surface area contributed by atoms with E-state index in [2.05, 4.69) is 5.32 Å². The minimum Gasteiger partial charge on any atom is -0.481 e. The molecule has 0 unspecified atom stereocenters. The fraction of sp³-hybridized carbons (Fsp3) is 0.833. The summed E-state index contributed by atoms with van der Waals surface area (Å²) in [5, 5.41) is 20.9. The maximum atomic E-state index is 12.0. The number of aliphatic hydroxyl groups excluding tert-OH is 1. The van der Waals surface area contributed by atoms with Crippen molar-refractivity contribution in [3.05, 3.63) is 0 Å². The molecule has 0 aromatic heterocycles. The average molecular weight is 243 g/mol. The van der Waals surface area contributed by atoms with E-state index in [1.54, 1.807) is 13.8 Å². The Kier molecular flexibility index (Phi) is 4.51. The molecule has 98 valence electrons. The van der Waals surface area contributed by atoms with Gasteiger partial charge in [0.05, 0.1) is 24.0 Å². The van der Waals surface area contributed by atoms with Crippen LogP contribution in [-0.4, -0.2) is 34.2 Å². The van der Waals surface area contributed by atoms with Crippen LogP contribution in [0.15, 0.2) is 0 Å². The summed E-state index contributed by atoms with van der Waals surface area (Å²) in [6, 6.07) is 0. The molecular formula is C12H21NO4. The topological polar surface area (TPSA) is 86.6 Å². The third-order valence-corrected chi connectivity index (χ3v) is 3.28. The molecule has 0 aliphatic heterocycles. The Morgan fingerprint density at radius 3 is 2.24 bits per heavy atom. The van der Waals surface area contributed by atoms with Crippen molar-refractivity contribution in [2.75, 3.05) is 6.61 Å². The number of aliphatic carboxylic acids is 1. The fourth-order valence-electron chi connectivity index (χ4n) is 2.21. The van der Waals surface area contributed by atoms with Gasteiger partial charge in [-0.1, -0.05) is 12.8 Å². The van der Waals surface area contributed by atoms with Crippen LogP contribution >= 0.6 is 0 Å². The van der Waals surface area contributed by atoms with E-state index in [1.165, 1.54) is 0 Å². The first kappa shape index (κ1) is 14.0.